The number of benzene rings is 1. The number of rotatable bonds is 4. The van der Waals surface area contributed by atoms with Crippen molar-refractivity contribution in [1.82, 2.24) is 10.2 Å². The van der Waals surface area contributed by atoms with Crippen LogP contribution in [0.2, 0.25) is 0 Å². The van der Waals surface area contributed by atoms with Gasteiger partial charge in [-0.3, -0.25) is 9.69 Å². The van der Waals surface area contributed by atoms with Crippen molar-refractivity contribution >= 4 is 5.91 Å². The van der Waals surface area contributed by atoms with Crippen molar-refractivity contribution in [3.8, 4) is 0 Å². The molecule has 3 N–H and O–H groups in total. The number of piperazine rings is 1. The molecule has 1 amide bonds. The summed E-state index contributed by atoms with van der Waals surface area (Å²) < 4.78 is 13.8. The Kier molecular flexibility index (Phi) is 4.17. The molecule has 4 nitrogen and oxygen atoms in total. The fourth-order valence-corrected chi connectivity index (χ4v) is 2.53. The first-order valence-electron chi connectivity index (χ1n) is 6.53. The lowest BCUT2D eigenvalue weighted by molar-refractivity contribution is -0.129. The lowest BCUT2D eigenvalue weighted by Crippen LogP contribution is -2.61. The summed E-state index contributed by atoms with van der Waals surface area (Å²) in [6.45, 7) is 4.93. The lowest BCUT2D eigenvalue weighted by atomic mass is 9.89. The summed E-state index contributed by atoms with van der Waals surface area (Å²) in [6, 6.07) is 6.54. The number of carbonyl (C=O) groups is 1. The molecular formula is C14H20FN3O. The van der Waals surface area contributed by atoms with E-state index in [4.69, 9.17) is 5.73 Å². The van der Waals surface area contributed by atoms with Crippen molar-refractivity contribution < 1.29 is 9.18 Å². The Labute approximate surface area is 112 Å². The highest BCUT2D eigenvalue weighted by Gasteiger charge is 2.38. The van der Waals surface area contributed by atoms with E-state index in [0.29, 0.717) is 12.0 Å². The van der Waals surface area contributed by atoms with Crippen LogP contribution in [-0.4, -0.2) is 42.5 Å². The second-order valence-electron chi connectivity index (χ2n) is 5.14. The van der Waals surface area contributed by atoms with Gasteiger partial charge >= 0.3 is 0 Å². The Morgan fingerprint density at radius 1 is 1.42 bits per heavy atom. The monoisotopic (exact) mass is 265 g/mol. The zero-order valence-electron chi connectivity index (χ0n) is 11.2. The summed E-state index contributed by atoms with van der Waals surface area (Å²) in [5.74, 6) is -0.692. The first-order chi connectivity index (χ1) is 9.04. The van der Waals surface area contributed by atoms with Crippen LogP contribution in [0.3, 0.4) is 0 Å². The van der Waals surface area contributed by atoms with Gasteiger partial charge in [0.1, 0.15) is 11.4 Å². The lowest BCUT2D eigenvalue weighted by Gasteiger charge is -2.41. The molecule has 1 aromatic rings. The van der Waals surface area contributed by atoms with Gasteiger partial charge in [-0.2, -0.15) is 0 Å². The van der Waals surface area contributed by atoms with Crippen molar-refractivity contribution in [1.29, 1.82) is 0 Å². The summed E-state index contributed by atoms with van der Waals surface area (Å²) >= 11 is 0. The second-order valence-corrected chi connectivity index (χ2v) is 5.14. The van der Waals surface area contributed by atoms with Gasteiger partial charge in [0, 0.05) is 32.6 Å². The van der Waals surface area contributed by atoms with Crippen molar-refractivity contribution in [2.24, 2.45) is 5.73 Å². The average molecular weight is 265 g/mol. The molecule has 2 rings (SSSR count). The Balaban J connectivity index is 2.24. The van der Waals surface area contributed by atoms with Gasteiger partial charge in [-0.05, 0) is 18.6 Å². The Hall–Kier alpha value is -1.46. The van der Waals surface area contributed by atoms with Crippen LogP contribution in [0.5, 0.6) is 0 Å². The minimum Gasteiger partial charge on any atom is -0.368 e. The first-order valence-corrected chi connectivity index (χ1v) is 6.53. The van der Waals surface area contributed by atoms with Gasteiger partial charge in [0.25, 0.3) is 0 Å². The predicted octanol–water partition coefficient (Wildman–Crippen LogP) is 0.517. The van der Waals surface area contributed by atoms with E-state index in [0.717, 1.165) is 26.2 Å². The minimum absolute atomic E-state index is 0.287. The highest BCUT2D eigenvalue weighted by molar-refractivity contribution is 5.84. The fourth-order valence-electron chi connectivity index (χ4n) is 2.53. The highest BCUT2D eigenvalue weighted by Crippen LogP contribution is 2.23. The summed E-state index contributed by atoms with van der Waals surface area (Å²) in [7, 11) is 0. The van der Waals surface area contributed by atoms with Crippen LogP contribution in [0.1, 0.15) is 12.5 Å². The van der Waals surface area contributed by atoms with Crippen LogP contribution < -0.4 is 11.1 Å². The number of hydrogen-bond acceptors (Lipinski definition) is 3. The van der Waals surface area contributed by atoms with Gasteiger partial charge in [0.05, 0.1) is 0 Å². The van der Waals surface area contributed by atoms with Gasteiger partial charge in [-0.25, -0.2) is 4.39 Å². The zero-order chi connectivity index (χ0) is 13.9. The maximum absolute atomic E-state index is 13.8. The Bertz CT molecular complexity index is 460. The van der Waals surface area contributed by atoms with E-state index in [1.165, 1.54) is 6.07 Å². The molecule has 104 valence electrons. The SMILES string of the molecule is CC(Cc1ccccc1F)(C(N)=O)N1CCNCC1. The number of nitrogens with two attached hydrogens (primary N) is 1. The molecular weight excluding hydrogens is 245 g/mol. The van der Waals surface area contributed by atoms with Gasteiger partial charge in [0.15, 0.2) is 0 Å². The van der Waals surface area contributed by atoms with Crippen LogP contribution in [0.25, 0.3) is 0 Å². The third-order valence-corrected chi connectivity index (χ3v) is 3.84. The first kappa shape index (κ1) is 14.0. The molecule has 5 heteroatoms. The summed E-state index contributed by atoms with van der Waals surface area (Å²) in [4.78, 5) is 13.9. The number of nitrogens with one attached hydrogen (secondary N) is 1. The summed E-state index contributed by atoms with van der Waals surface area (Å²) in [5.41, 5.74) is 5.26. The third-order valence-electron chi connectivity index (χ3n) is 3.84. The molecule has 1 fully saturated rings. The van der Waals surface area contributed by atoms with Crippen LogP contribution in [0.4, 0.5) is 4.39 Å². The van der Waals surface area contributed by atoms with Crippen LogP contribution in [0, 0.1) is 5.82 Å². The number of primary amides is 1. The summed E-state index contributed by atoms with van der Waals surface area (Å²) in [5, 5.41) is 3.23. The topological polar surface area (TPSA) is 58.4 Å². The van der Waals surface area contributed by atoms with Crippen LogP contribution >= 0.6 is 0 Å². The molecule has 1 atom stereocenters. The van der Waals surface area contributed by atoms with E-state index in [9.17, 15) is 9.18 Å². The number of carbonyl (C=O) groups excluding carboxylic acids is 1. The standard InChI is InChI=1S/C14H20FN3O/c1-14(13(16)19,18-8-6-17-7-9-18)10-11-4-2-3-5-12(11)15/h2-5,17H,6-10H2,1H3,(H2,16,19). The molecule has 0 spiro atoms. The largest absolute Gasteiger partial charge is 0.368 e. The van der Waals surface area contributed by atoms with Crippen molar-refractivity contribution in [2.45, 2.75) is 18.9 Å². The van der Waals surface area contributed by atoms with Crippen LogP contribution in [0.15, 0.2) is 24.3 Å². The molecule has 1 saturated heterocycles. The van der Waals surface area contributed by atoms with Gasteiger partial charge in [-0.15, -0.1) is 0 Å². The van der Waals surface area contributed by atoms with Crippen molar-refractivity contribution in [3.63, 3.8) is 0 Å². The van der Waals surface area contributed by atoms with Gasteiger partial charge in [-0.1, -0.05) is 18.2 Å². The quantitative estimate of drug-likeness (QED) is 0.834. The molecule has 1 unspecified atom stereocenters. The predicted molar refractivity (Wildman–Crippen MR) is 72.1 cm³/mol. The zero-order valence-corrected chi connectivity index (χ0v) is 11.2. The van der Waals surface area contributed by atoms with E-state index in [1.807, 2.05) is 4.90 Å². The molecule has 1 aliphatic rings. The minimum atomic E-state index is -0.843. The van der Waals surface area contributed by atoms with E-state index in [1.54, 1.807) is 25.1 Å². The normalized spacial score (nSPS) is 19.9. The fraction of sp³-hybridized carbons (Fsp3) is 0.500. The molecule has 0 radical (unpaired) electrons. The maximum atomic E-state index is 13.8. The number of amides is 1. The Morgan fingerprint density at radius 3 is 2.63 bits per heavy atom. The summed E-state index contributed by atoms with van der Waals surface area (Å²) in [6.07, 6.45) is 0.301. The van der Waals surface area contributed by atoms with E-state index in [2.05, 4.69) is 5.32 Å². The maximum Gasteiger partial charge on any atom is 0.238 e. The molecule has 0 aromatic heterocycles. The molecule has 1 aromatic carbocycles. The molecule has 19 heavy (non-hydrogen) atoms. The molecule has 0 bridgehead atoms. The van der Waals surface area contributed by atoms with Gasteiger partial charge < -0.3 is 11.1 Å². The molecule has 0 aliphatic carbocycles. The van der Waals surface area contributed by atoms with Crippen molar-refractivity contribution in [2.75, 3.05) is 26.2 Å². The van der Waals surface area contributed by atoms with E-state index < -0.39 is 11.4 Å². The van der Waals surface area contributed by atoms with Crippen molar-refractivity contribution in [3.05, 3.63) is 35.6 Å². The molecule has 0 saturated carbocycles. The number of halogens is 1. The smallest absolute Gasteiger partial charge is 0.238 e. The van der Waals surface area contributed by atoms with Gasteiger partial charge in [0.2, 0.25) is 5.91 Å². The number of nitrogens with zero attached hydrogens (tertiary/aromatic N) is 1. The molecule has 1 aliphatic heterocycles. The van der Waals surface area contributed by atoms with E-state index in [-0.39, 0.29) is 5.82 Å². The Morgan fingerprint density at radius 2 is 2.05 bits per heavy atom. The second kappa shape index (κ2) is 5.67. The molecule has 1 heterocycles. The average Bonchev–Trinajstić information content (AvgIpc) is 2.42. The third kappa shape index (κ3) is 2.93. The number of hydrogen-bond donors (Lipinski definition) is 2. The highest BCUT2D eigenvalue weighted by atomic mass is 19.1. The van der Waals surface area contributed by atoms with Crippen LogP contribution in [-0.2, 0) is 11.2 Å². The van der Waals surface area contributed by atoms with E-state index >= 15 is 0 Å².